The molecule has 1 aromatic rings. The monoisotopic (exact) mass is 321 g/mol. The van der Waals surface area contributed by atoms with Crippen molar-refractivity contribution in [3.05, 3.63) is 28.3 Å². The molecule has 0 spiro atoms. The van der Waals surface area contributed by atoms with Crippen LogP contribution in [0.25, 0.3) is 0 Å². The van der Waals surface area contributed by atoms with Crippen LogP contribution in [-0.2, 0) is 12.8 Å². The van der Waals surface area contributed by atoms with Gasteiger partial charge in [-0.15, -0.1) is 0 Å². The van der Waals surface area contributed by atoms with Crippen LogP contribution in [0.3, 0.4) is 0 Å². The van der Waals surface area contributed by atoms with E-state index in [1.807, 2.05) is 13.0 Å². The Morgan fingerprint density at radius 3 is 2.81 bits per heavy atom. The van der Waals surface area contributed by atoms with E-state index in [0.717, 1.165) is 23.3 Å². The number of benzene rings is 1. The van der Waals surface area contributed by atoms with Gasteiger partial charge < -0.3 is 10.1 Å². The Hall–Kier alpha value is -0.940. The van der Waals surface area contributed by atoms with Crippen LogP contribution in [0.15, 0.2) is 12.1 Å². The fourth-order valence-electron chi connectivity index (χ4n) is 2.67. The summed E-state index contributed by atoms with van der Waals surface area (Å²) >= 11 is 6.08. The maximum absolute atomic E-state index is 12.4. The van der Waals surface area contributed by atoms with Gasteiger partial charge in [-0.25, -0.2) is 0 Å². The van der Waals surface area contributed by atoms with Crippen molar-refractivity contribution in [2.75, 3.05) is 13.2 Å². The lowest BCUT2D eigenvalue weighted by atomic mass is 9.98. The first-order valence-corrected chi connectivity index (χ1v) is 7.51. The van der Waals surface area contributed by atoms with Gasteiger partial charge >= 0.3 is 6.18 Å². The van der Waals surface area contributed by atoms with Crippen molar-refractivity contribution in [1.29, 1.82) is 0 Å². The van der Waals surface area contributed by atoms with E-state index in [1.165, 1.54) is 0 Å². The first kappa shape index (κ1) is 16.4. The minimum absolute atomic E-state index is 0.0542. The number of alkyl halides is 3. The number of likely N-dealkylation sites (N-methyl/N-ethyl adjacent to an activating group) is 1. The Morgan fingerprint density at radius 2 is 2.14 bits per heavy atom. The van der Waals surface area contributed by atoms with Gasteiger partial charge in [0.15, 0.2) is 0 Å². The fraction of sp³-hybridized carbons (Fsp3) is 0.600. The molecule has 118 valence electrons. The Labute approximate surface area is 127 Å². The Kier molecular flexibility index (Phi) is 5.38. The molecule has 1 unspecified atom stereocenters. The van der Waals surface area contributed by atoms with E-state index in [2.05, 4.69) is 5.32 Å². The number of halogens is 4. The number of rotatable bonds is 6. The van der Waals surface area contributed by atoms with E-state index < -0.39 is 12.6 Å². The van der Waals surface area contributed by atoms with Crippen molar-refractivity contribution in [1.82, 2.24) is 5.32 Å². The lowest BCUT2D eigenvalue weighted by Crippen LogP contribution is -2.32. The average Bonchev–Trinajstić information content (AvgIpc) is 2.83. The molecule has 0 amide bonds. The third kappa shape index (κ3) is 4.78. The molecule has 1 heterocycles. The quantitative estimate of drug-likeness (QED) is 0.850. The van der Waals surface area contributed by atoms with Crippen LogP contribution in [-0.4, -0.2) is 25.4 Å². The molecule has 0 saturated heterocycles. The maximum Gasteiger partial charge on any atom is 0.389 e. The molecule has 0 radical (unpaired) electrons. The average molecular weight is 322 g/mol. The second kappa shape index (κ2) is 6.88. The zero-order valence-electron chi connectivity index (χ0n) is 11.9. The standard InChI is InChI=1S/C15H19ClF3NO/c1-2-20-13(3-5-15(17,18)19)9-11-8-12(16)7-10-4-6-21-14(10)11/h7-8,13,20H,2-6,9H2,1H3. The topological polar surface area (TPSA) is 21.3 Å². The summed E-state index contributed by atoms with van der Waals surface area (Å²) in [4.78, 5) is 0. The SMILES string of the molecule is CCNC(CCC(F)(F)F)Cc1cc(Cl)cc2c1OCC2. The second-order valence-corrected chi connectivity index (χ2v) is 5.70. The van der Waals surface area contributed by atoms with E-state index in [0.29, 0.717) is 24.6 Å². The molecule has 21 heavy (non-hydrogen) atoms. The summed E-state index contributed by atoms with van der Waals surface area (Å²) < 4.78 is 42.8. The van der Waals surface area contributed by atoms with Gasteiger partial charge in [-0.2, -0.15) is 13.2 Å². The van der Waals surface area contributed by atoms with Gasteiger partial charge in [0.25, 0.3) is 0 Å². The number of fused-ring (bicyclic) bond motifs is 1. The zero-order valence-corrected chi connectivity index (χ0v) is 12.7. The van der Waals surface area contributed by atoms with Crippen molar-refractivity contribution >= 4 is 11.6 Å². The molecular formula is C15H19ClF3NO. The van der Waals surface area contributed by atoms with E-state index in [1.54, 1.807) is 6.07 Å². The summed E-state index contributed by atoms with van der Waals surface area (Å²) in [7, 11) is 0. The van der Waals surface area contributed by atoms with E-state index in [4.69, 9.17) is 16.3 Å². The van der Waals surface area contributed by atoms with Crippen LogP contribution in [0.5, 0.6) is 5.75 Å². The molecule has 1 aliphatic heterocycles. The first-order valence-electron chi connectivity index (χ1n) is 7.13. The molecule has 1 aliphatic rings. The van der Waals surface area contributed by atoms with E-state index >= 15 is 0 Å². The lowest BCUT2D eigenvalue weighted by Gasteiger charge is -2.20. The highest BCUT2D eigenvalue weighted by molar-refractivity contribution is 6.30. The highest BCUT2D eigenvalue weighted by Gasteiger charge is 2.29. The van der Waals surface area contributed by atoms with Crippen molar-refractivity contribution in [2.24, 2.45) is 0 Å². The Bertz CT molecular complexity index is 491. The van der Waals surface area contributed by atoms with Crippen LogP contribution in [0.4, 0.5) is 13.2 Å². The summed E-state index contributed by atoms with van der Waals surface area (Å²) in [6, 6.07) is 3.43. The van der Waals surface area contributed by atoms with Crippen LogP contribution in [0.2, 0.25) is 5.02 Å². The Morgan fingerprint density at radius 1 is 1.38 bits per heavy atom. The molecule has 0 fully saturated rings. The molecule has 2 nitrogen and oxygen atoms in total. The summed E-state index contributed by atoms with van der Waals surface area (Å²) in [5.41, 5.74) is 1.94. The van der Waals surface area contributed by atoms with Gasteiger partial charge in [0.1, 0.15) is 5.75 Å². The summed E-state index contributed by atoms with van der Waals surface area (Å²) in [5, 5.41) is 3.73. The molecule has 0 saturated carbocycles. The smallest absolute Gasteiger partial charge is 0.389 e. The van der Waals surface area contributed by atoms with E-state index in [-0.39, 0.29) is 12.5 Å². The van der Waals surface area contributed by atoms with Gasteiger partial charge in [0.2, 0.25) is 0 Å². The van der Waals surface area contributed by atoms with Crippen LogP contribution < -0.4 is 10.1 Å². The predicted octanol–water partition coefficient (Wildman–Crippen LogP) is 4.14. The molecule has 1 N–H and O–H groups in total. The fourth-order valence-corrected chi connectivity index (χ4v) is 2.93. The van der Waals surface area contributed by atoms with Gasteiger partial charge in [0, 0.05) is 23.9 Å². The largest absolute Gasteiger partial charge is 0.493 e. The van der Waals surface area contributed by atoms with Crippen molar-refractivity contribution in [2.45, 2.75) is 44.8 Å². The van der Waals surface area contributed by atoms with E-state index in [9.17, 15) is 13.2 Å². The molecule has 0 aliphatic carbocycles. The second-order valence-electron chi connectivity index (χ2n) is 5.26. The lowest BCUT2D eigenvalue weighted by molar-refractivity contribution is -0.136. The molecule has 1 aromatic carbocycles. The molecule has 0 bridgehead atoms. The predicted molar refractivity (Wildman–Crippen MR) is 77.1 cm³/mol. The minimum atomic E-state index is -4.12. The molecule has 1 atom stereocenters. The molecular weight excluding hydrogens is 303 g/mol. The number of nitrogens with one attached hydrogen (secondary N) is 1. The third-order valence-corrected chi connectivity index (χ3v) is 3.78. The van der Waals surface area contributed by atoms with Gasteiger partial charge in [-0.3, -0.25) is 0 Å². The summed E-state index contributed by atoms with van der Waals surface area (Å²) in [6.45, 7) is 3.13. The van der Waals surface area contributed by atoms with Gasteiger partial charge in [-0.1, -0.05) is 18.5 Å². The molecule has 0 aromatic heterocycles. The third-order valence-electron chi connectivity index (χ3n) is 3.56. The van der Waals surface area contributed by atoms with Crippen LogP contribution in [0, 0.1) is 0 Å². The van der Waals surface area contributed by atoms with Crippen molar-refractivity contribution in [3.63, 3.8) is 0 Å². The highest BCUT2D eigenvalue weighted by Crippen LogP contribution is 2.34. The van der Waals surface area contributed by atoms with Gasteiger partial charge in [-0.05, 0) is 42.6 Å². The number of hydrogen-bond donors (Lipinski definition) is 1. The van der Waals surface area contributed by atoms with Crippen LogP contribution in [0.1, 0.15) is 30.9 Å². The summed E-state index contributed by atoms with van der Waals surface area (Å²) in [5.74, 6) is 0.800. The maximum atomic E-state index is 12.4. The molecule has 2 rings (SSSR count). The minimum Gasteiger partial charge on any atom is -0.493 e. The first-order chi connectivity index (χ1) is 9.89. The normalized spacial score (nSPS) is 15.7. The van der Waals surface area contributed by atoms with Crippen molar-refractivity contribution in [3.8, 4) is 5.75 Å². The number of hydrogen-bond acceptors (Lipinski definition) is 2. The molecule has 6 heteroatoms. The zero-order chi connectivity index (χ0) is 15.5. The van der Waals surface area contributed by atoms with Crippen molar-refractivity contribution < 1.29 is 17.9 Å². The highest BCUT2D eigenvalue weighted by atomic mass is 35.5. The number of ether oxygens (including phenoxy) is 1. The van der Waals surface area contributed by atoms with Crippen LogP contribution >= 0.6 is 11.6 Å². The summed E-state index contributed by atoms with van der Waals surface area (Å²) in [6.07, 6.45) is -3.56. The van der Waals surface area contributed by atoms with Gasteiger partial charge in [0.05, 0.1) is 6.61 Å². The Balaban J connectivity index is 2.10.